The lowest BCUT2D eigenvalue weighted by atomic mass is 9.87. The molecule has 0 spiro atoms. The highest BCUT2D eigenvalue weighted by Gasteiger charge is 2.35. The number of fused-ring (bicyclic) bond motifs is 2. The van der Waals surface area contributed by atoms with Crippen LogP contribution in [0.2, 0.25) is 0 Å². The van der Waals surface area contributed by atoms with E-state index in [0.717, 1.165) is 24.0 Å². The van der Waals surface area contributed by atoms with E-state index in [1.807, 2.05) is 24.4 Å². The molecule has 1 aliphatic heterocycles. The van der Waals surface area contributed by atoms with Crippen LogP contribution < -0.4 is 10.6 Å². The monoisotopic (exact) mass is 472 g/mol. The molecule has 0 saturated carbocycles. The van der Waals surface area contributed by atoms with E-state index in [2.05, 4.69) is 58.6 Å². The molecule has 6 nitrogen and oxygen atoms in total. The summed E-state index contributed by atoms with van der Waals surface area (Å²) in [6.07, 6.45) is 6.02. The molecular weight excluding hydrogens is 436 g/mol. The Morgan fingerprint density at radius 2 is 1.80 bits per heavy atom. The number of aromatic nitrogens is 1. The van der Waals surface area contributed by atoms with Gasteiger partial charge in [0.1, 0.15) is 0 Å². The number of anilines is 1. The number of piperidine rings is 1. The van der Waals surface area contributed by atoms with Crippen LogP contribution >= 0.6 is 0 Å². The van der Waals surface area contributed by atoms with Gasteiger partial charge in [-0.3, -0.25) is 14.5 Å². The van der Waals surface area contributed by atoms with Gasteiger partial charge in [-0.15, -0.1) is 0 Å². The Balaban J connectivity index is 1.32. The summed E-state index contributed by atoms with van der Waals surface area (Å²) in [6.45, 7) is 6.86. The molecule has 1 aromatic heterocycles. The van der Waals surface area contributed by atoms with Crippen molar-refractivity contribution in [2.45, 2.75) is 46.1 Å². The highest BCUT2D eigenvalue weighted by atomic mass is 16.2. The summed E-state index contributed by atoms with van der Waals surface area (Å²) < 4.78 is 0. The van der Waals surface area contributed by atoms with E-state index in [1.165, 1.54) is 28.5 Å². The van der Waals surface area contributed by atoms with E-state index in [0.29, 0.717) is 38.5 Å². The maximum atomic E-state index is 13.4. The zero-order valence-corrected chi connectivity index (χ0v) is 20.8. The number of para-hydroxylation sites is 1. The van der Waals surface area contributed by atoms with Gasteiger partial charge in [0.05, 0.1) is 11.8 Å². The first-order valence-corrected chi connectivity index (χ1v) is 12.9. The van der Waals surface area contributed by atoms with Crippen molar-refractivity contribution in [3.8, 4) is 0 Å². The summed E-state index contributed by atoms with van der Waals surface area (Å²) in [7, 11) is 0. The van der Waals surface area contributed by atoms with Crippen molar-refractivity contribution in [2.75, 3.05) is 25.0 Å². The molecule has 2 atom stereocenters. The molecule has 1 aliphatic carbocycles. The van der Waals surface area contributed by atoms with Gasteiger partial charge in [0.15, 0.2) is 0 Å². The number of likely N-dealkylation sites (tertiary alicyclic amines) is 1. The number of H-pyrrole nitrogens is 1. The normalized spacial score (nSPS) is 20.2. The molecule has 5 rings (SSSR count). The van der Waals surface area contributed by atoms with E-state index in [1.54, 1.807) is 0 Å². The van der Waals surface area contributed by atoms with Gasteiger partial charge in [-0.25, -0.2) is 0 Å². The Bertz CT molecular complexity index is 1210. The number of amides is 2. The van der Waals surface area contributed by atoms with E-state index >= 15 is 0 Å². The Morgan fingerprint density at radius 3 is 2.63 bits per heavy atom. The fourth-order valence-corrected chi connectivity index (χ4v) is 5.55. The lowest BCUT2D eigenvalue weighted by molar-refractivity contribution is -0.130. The SMILES string of the molecule is CC(C)CNC(=O)[C@H]1C[C@@H](C(=O)Nc2ccc3c(c2)CCC3)CN(Cc2c[nH]c3ccccc23)C1. The molecule has 0 radical (unpaired) electrons. The minimum Gasteiger partial charge on any atom is -0.361 e. The Labute approximate surface area is 207 Å². The summed E-state index contributed by atoms with van der Waals surface area (Å²) >= 11 is 0. The van der Waals surface area contributed by atoms with Gasteiger partial charge in [0.2, 0.25) is 11.8 Å². The van der Waals surface area contributed by atoms with E-state index in [4.69, 9.17) is 0 Å². The number of hydrogen-bond donors (Lipinski definition) is 3. The molecule has 184 valence electrons. The number of rotatable bonds is 7. The Hall–Kier alpha value is -3.12. The number of carbonyl (C=O) groups excluding carboxylic acids is 2. The van der Waals surface area contributed by atoms with Gasteiger partial charge in [0.25, 0.3) is 0 Å². The minimum atomic E-state index is -0.239. The molecule has 35 heavy (non-hydrogen) atoms. The highest BCUT2D eigenvalue weighted by Crippen LogP contribution is 2.29. The van der Waals surface area contributed by atoms with Crippen molar-refractivity contribution in [1.82, 2.24) is 15.2 Å². The quantitative estimate of drug-likeness (QED) is 0.474. The number of nitrogens with zero attached hydrogens (tertiary/aromatic N) is 1. The van der Waals surface area contributed by atoms with Gasteiger partial charge in [0, 0.05) is 49.0 Å². The van der Waals surface area contributed by atoms with Crippen LogP contribution in [0.3, 0.4) is 0 Å². The van der Waals surface area contributed by atoms with Crippen LogP contribution in [0.15, 0.2) is 48.7 Å². The minimum absolute atomic E-state index is 0.00762. The maximum absolute atomic E-state index is 13.4. The van der Waals surface area contributed by atoms with Crippen LogP contribution in [0.5, 0.6) is 0 Å². The molecule has 3 aromatic rings. The third-order valence-electron chi connectivity index (χ3n) is 7.39. The number of hydrogen-bond acceptors (Lipinski definition) is 3. The first-order chi connectivity index (χ1) is 17.0. The molecule has 1 saturated heterocycles. The third kappa shape index (κ3) is 5.43. The summed E-state index contributed by atoms with van der Waals surface area (Å²) in [5, 5.41) is 7.44. The van der Waals surface area contributed by atoms with Crippen molar-refractivity contribution in [2.24, 2.45) is 17.8 Å². The zero-order chi connectivity index (χ0) is 24.4. The number of nitrogens with one attached hydrogen (secondary N) is 3. The van der Waals surface area contributed by atoms with Gasteiger partial charge in [-0.05, 0) is 66.5 Å². The average Bonchev–Trinajstić information content (AvgIpc) is 3.49. The largest absolute Gasteiger partial charge is 0.361 e. The van der Waals surface area contributed by atoms with E-state index in [-0.39, 0.29) is 23.7 Å². The number of benzene rings is 2. The zero-order valence-electron chi connectivity index (χ0n) is 20.8. The van der Waals surface area contributed by atoms with Crippen LogP contribution in [0.1, 0.15) is 43.4 Å². The molecule has 0 bridgehead atoms. The van der Waals surface area contributed by atoms with E-state index in [9.17, 15) is 9.59 Å². The second-order valence-electron chi connectivity index (χ2n) is 10.6. The fraction of sp³-hybridized carbons (Fsp3) is 0.448. The molecule has 0 unspecified atom stereocenters. The smallest absolute Gasteiger partial charge is 0.228 e. The van der Waals surface area contributed by atoms with Gasteiger partial charge in [-0.2, -0.15) is 0 Å². The van der Waals surface area contributed by atoms with Crippen molar-refractivity contribution >= 4 is 28.4 Å². The van der Waals surface area contributed by atoms with Gasteiger partial charge < -0.3 is 15.6 Å². The van der Waals surface area contributed by atoms with Crippen LogP contribution in [0.4, 0.5) is 5.69 Å². The maximum Gasteiger partial charge on any atom is 0.228 e. The fourth-order valence-electron chi connectivity index (χ4n) is 5.55. The molecule has 2 aromatic carbocycles. The van der Waals surface area contributed by atoms with Crippen molar-refractivity contribution in [1.29, 1.82) is 0 Å². The van der Waals surface area contributed by atoms with Crippen LogP contribution in [0.25, 0.3) is 10.9 Å². The molecule has 1 fully saturated rings. The number of carbonyl (C=O) groups is 2. The van der Waals surface area contributed by atoms with Crippen LogP contribution in [-0.4, -0.2) is 41.3 Å². The Morgan fingerprint density at radius 1 is 1.03 bits per heavy atom. The molecule has 6 heteroatoms. The summed E-state index contributed by atoms with van der Waals surface area (Å²) in [5.41, 5.74) is 5.91. The molecular formula is C29H36N4O2. The third-order valence-corrected chi connectivity index (χ3v) is 7.39. The Kier molecular flexibility index (Phi) is 6.91. The first-order valence-electron chi connectivity index (χ1n) is 12.9. The van der Waals surface area contributed by atoms with Gasteiger partial charge in [-0.1, -0.05) is 38.1 Å². The molecule has 3 N–H and O–H groups in total. The summed E-state index contributed by atoms with van der Waals surface area (Å²) in [5.74, 6) is 0.00939. The second-order valence-corrected chi connectivity index (χ2v) is 10.6. The average molecular weight is 473 g/mol. The number of aromatic amines is 1. The predicted molar refractivity (Wildman–Crippen MR) is 140 cm³/mol. The lowest BCUT2D eigenvalue weighted by Gasteiger charge is -2.36. The van der Waals surface area contributed by atoms with Gasteiger partial charge >= 0.3 is 0 Å². The molecule has 2 amide bonds. The first kappa shape index (κ1) is 23.6. The van der Waals surface area contributed by atoms with Crippen molar-refractivity contribution in [3.63, 3.8) is 0 Å². The van der Waals surface area contributed by atoms with Crippen LogP contribution in [0, 0.1) is 17.8 Å². The summed E-state index contributed by atoms with van der Waals surface area (Å²) in [6, 6.07) is 14.5. The molecule has 2 heterocycles. The van der Waals surface area contributed by atoms with E-state index < -0.39 is 0 Å². The van der Waals surface area contributed by atoms with Crippen LogP contribution in [-0.2, 0) is 29.0 Å². The van der Waals surface area contributed by atoms with Crippen molar-refractivity contribution in [3.05, 3.63) is 65.4 Å². The lowest BCUT2D eigenvalue weighted by Crippen LogP contribution is -2.49. The number of aryl methyl sites for hydroxylation is 2. The highest BCUT2D eigenvalue weighted by molar-refractivity contribution is 5.93. The standard InChI is InChI=1S/C29H36N4O2/c1-19(2)14-31-28(34)22-12-23(29(35)32-25-11-10-20-6-5-7-21(20)13-25)17-33(16-22)18-24-15-30-27-9-4-3-8-26(24)27/h3-4,8-11,13,15,19,22-23,30H,5-7,12,14,16-18H2,1-2H3,(H,31,34)(H,32,35)/t22-,23+/m0/s1. The van der Waals surface area contributed by atoms with Crippen molar-refractivity contribution < 1.29 is 9.59 Å². The molecule has 2 aliphatic rings. The topological polar surface area (TPSA) is 77.2 Å². The predicted octanol–water partition coefficient (Wildman–Crippen LogP) is 4.51. The second kappa shape index (κ2) is 10.2. The summed E-state index contributed by atoms with van der Waals surface area (Å²) in [4.78, 5) is 32.0.